The summed E-state index contributed by atoms with van der Waals surface area (Å²) in [7, 11) is -9.89. The summed E-state index contributed by atoms with van der Waals surface area (Å²) in [4.78, 5) is 72.2. The maximum Gasteiger partial charge on any atom is 0.472 e. The molecule has 0 rings (SSSR count). The predicted molar refractivity (Wildman–Crippen MR) is 372 cm³/mol. The molecule has 0 aromatic heterocycles. The molecular weight excluding hydrogens is 1210 g/mol. The Kier molecular flexibility index (Phi) is 63.7. The number of ether oxygens (including phenoxy) is 4. The Bertz CT molecular complexity index is 1790. The van der Waals surface area contributed by atoms with Crippen molar-refractivity contribution in [1.29, 1.82) is 0 Å². The van der Waals surface area contributed by atoms with Gasteiger partial charge >= 0.3 is 39.5 Å². The summed E-state index contributed by atoms with van der Waals surface area (Å²) in [5, 5.41) is 10.5. The zero-order valence-corrected chi connectivity index (χ0v) is 61.6. The summed E-state index contributed by atoms with van der Waals surface area (Å²) in [5.74, 6) is -0.416. The van der Waals surface area contributed by atoms with Crippen LogP contribution in [0, 0.1) is 11.8 Å². The van der Waals surface area contributed by atoms with E-state index in [9.17, 15) is 43.2 Å². The van der Waals surface area contributed by atoms with Gasteiger partial charge in [-0.3, -0.25) is 37.3 Å². The van der Waals surface area contributed by atoms with E-state index >= 15 is 0 Å². The van der Waals surface area contributed by atoms with Gasteiger partial charge in [0.1, 0.15) is 19.3 Å². The summed E-state index contributed by atoms with van der Waals surface area (Å²) < 4.78 is 68.0. The molecule has 17 nitrogen and oxygen atoms in total. The number of rotatable bonds is 72. The Balaban J connectivity index is 5.07. The van der Waals surface area contributed by atoms with Gasteiger partial charge < -0.3 is 33.8 Å². The van der Waals surface area contributed by atoms with Gasteiger partial charge in [0.25, 0.3) is 0 Å². The van der Waals surface area contributed by atoms with Crippen LogP contribution in [0.25, 0.3) is 0 Å². The maximum atomic E-state index is 13.1. The van der Waals surface area contributed by atoms with E-state index in [1.807, 2.05) is 0 Å². The minimum Gasteiger partial charge on any atom is -0.462 e. The average Bonchev–Trinajstić information content (AvgIpc) is 3.51. The number of aliphatic hydroxyl groups is 1. The normalized spacial score (nSPS) is 14.7. The van der Waals surface area contributed by atoms with Crippen molar-refractivity contribution in [1.82, 2.24) is 0 Å². The number of carbonyl (C=O) groups excluding carboxylic acids is 4. The smallest absolute Gasteiger partial charge is 0.462 e. The van der Waals surface area contributed by atoms with Gasteiger partial charge in [-0.05, 0) is 37.5 Å². The van der Waals surface area contributed by atoms with Crippen molar-refractivity contribution in [3.63, 3.8) is 0 Å². The van der Waals surface area contributed by atoms with E-state index in [1.165, 1.54) is 173 Å². The lowest BCUT2D eigenvalue weighted by Gasteiger charge is -2.21. The predicted octanol–water partition coefficient (Wildman–Crippen LogP) is 21.2. The molecule has 0 aliphatic heterocycles. The molecule has 92 heavy (non-hydrogen) atoms. The van der Waals surface area contributed by atoms with Crippen LogP contribution in [0.4, 0.5) is 0 Å². The minimum absolute atomic E-state index is 0.103. The SMILES string of the molecule is CCCCCCCCCC(=O)O[C@H](COC(=O)CCCCCCC)COP(=O)(O)OC[C@H](O)COP(=O)(O)OC[C@@H](COC(=O)CCCCCCCCCCCCCCCCC(C)CC)OC(=O)CCCCCCCCCCCCCCCCCCCCC(C)CC. The first kappa shape index (κ1) is 90.1. The quantitative estimate of drug-likeness (QED) is 0.0222. The number of aliphatic hydroxyl groups excluding tert-OH is 1. The molecule has 546 valence electrons. The van der Waals surface area contributed by atoms with Crippen LogP contribution >= 0.6 is 15.6 Å². The fourth-order valence-electron chi connectivity index (χ4n) is 11.1. The van der Waals surface area contributed by atoms with Crippen molar-refractivity contribution in [3.05, 3.63) is 0 Å². The van der Waals surface area contributed by atoms with Gasteiger partial charge in [0.05, 0.1) is 26.4 Å². The molecular formula is C73H142O17P2. The topological polar surface area (TPSA) is 237 Å². The van der Waals surface area contributed by atoms with Crippen LogP contribution in [0.15, 0.2) is 0 Å². The molecule has 0 amide bonds. The number of esters is 4. The summed E-state index contributed by atoms with van der Waals surface area (Å²) in [6, 6.07) is 0. The molecule has 0 spiro atoms. The fraction of sp³-hybridized carbons (Fsp3) is 0.945. The summed E-state index contributed by atoms with van der Waals surface area (Å²) in [6.07, 6.45) is 52.0. The molecule has 4 unspecified atom stereocenters. The van der Waals surface area contributed by atoms with E-state index in [-0.39, 0.29) is 25.7 Å². The van der Waals surface area contributed by atoms with E-state index in [1.54, 1.807) is 0 Å². The lowest BCUT2D eigenvalue weighted by molar-refractivity contribution is -0.161. The van der Waals surface area contributed by atoms with E-state index < -0.39 is 97.5 Å². The zero-order chi connectivity index (χ0) is 67.9. The van der Waals surface area contributed by atoms with Crippen molar-refractivity contribution in [3.8, 4) is 0 Å². The molecule has 0 aromatic rings. The molecule has 19 heteroatoms. The van der Waals surface area contributed by atoms with Gasteiger partial charge in [-0.15, -0.1) is 0 Å². The number of hydrogen-bond acceptors (Lipinski definition) is 15. The minimum atomic E-state index is -4.95. The number of carbonyl (C=O) groups is 4. The van der Waals surface area contributed by atoms with Crippen molar-refractivity contribution < 1.29 is 80.2 Å². The highest BCUT2D eigenvalue weighted by Crippen LogP contribution is 2.45. The average molecular weight is 1350 g/mol. The lowest BCUT2D eigenvalue weighted by Crippen LogP contribution is -2.30. The van der Waals surface area contributed by atoms with Gasteiger partial charge in [0.15, 0.2) is 12.2 Å². The molecule has 0 aromatic carbocycles. The van der Waals surface area contributed by atoms with Crippen molar-refractivity contribution in [2.75, 3.05) is 39.6 Å². The van der Waals surface area contributed by atoms with Crippen molar-refractivity contribution >= 4 is 39.5 Å². The third-order valence-corrected chi connectivity index (χ3v) is 19.6. The van der Waals surface area contributed by atoms with Crippen LogP contribution in [0.3, 0.4) is 0 Å². The Labute approximate surface area is 562 Å². The first-order chi connectivity index (χ1) is 44.4. The molecule has 0 radical (unpaired) electrons. The number of hydrogen-bond donors (Lipinski definition) is 3. The molecule has 0 saturated carbocycles. The van der Waals surface area contributed by atoms with E-state index in [0.717, 1.165) is 121 Å². The number of phosphoric acid groups is 2. The van der Waals surface area contributed by atoms with Crippen molar-refractivity contribution in [2.24, 2.45) is 11.8 Å². The van der Waals surface area contributed by atoms with Crippen LogP contribution in [0.2, 0.25) is 0 Å². The molecule has 0 aliphatic rings. The van der Waals surface area contributed by atoms with Gasteiger partial charge in [0, 0.05) is 25.7 Å². The van der Waals surface area contributed by atoms with Crippen LogP contribution in [-0.4, -0.2) is 96.7 Å². The Morgan fingerprint density at radius 1 is 0.304 bits per heavy atom. The lowest BCUT2D eigenvalue weighted by atomic mass is 9.99. The first-order valence-corrected chi connectivity index (χ1v) is 41.1. The standard InChI is InChI=1S/C73H142O17P2/c1-7-11-13-15-36-45-51-57-72(77)89-68(61-83-70(75)55-49-41-14-12-8-2)63-87-91(79,80)85-59-67(74)60-86-92(81,82)88-64-69(62-84-71(76)56-50-44-39-34-30-26-23-22-25-29-33-38-43-48-54-66(6)10-4)90-73(78)58-52-46-40-35-31-27-21-19-17-16-18-20-24-28-32-37-42-47-53-65(5)9-3/h65-69,74H,7-64H2,1-6H3,(H,79,80)(H,81,82)/t65?,66?,67-,68+,69+/m0/s1. The number of phosphoric ester groups is 2. The Morgan fingerprint density at radius 2 is 0.522 bits per heavy atom. The third kappa shape index (κ3) is 64.1. The first-order valence-electron chi connectivity index (χ1n) is 38.1. The van der Waals surface area contributed by atoms with E-state index in [4.69, 9.17) is 37.0 Å². The van der Waals surface area contributed by atoms with Crippen LogP contribution in [-0.2, 0) is 65.4 Å². The fourth-order valence-corrected chi connectivity index (χ4v) is 12.6. The van der Waals surface area contributed by atoms with Gasteiger partial charge in [-0.1, -0.05) is 324 Å². The number of unbranched alkanes of at least 4 members (excludes halogenated alkanes) is 40. The highest BCUT2D eigenvalue weighted by Gasteiger charge is 2.30. The third-order valence-electron chi connectivity index (χ3n) is 17.7. The highest BCUT2D eigenvalue weighted by atomic mass is 31.2. The van der Waals surface area contributed by atoms with Gasteiger partial charge in [-0.25, -0.2) is 9.13 Å². The Hall–Kier alpha value is -1.94. The molecule has 7 atom stereocenters. The second-order valence-electron chi connectivity index (χ2n) is 26.8. The molecule has 0 heterocycles. The zero-order valence-electron chi connectivity index (χ0n) is 59.9. The maximum absolute atomic E-state index is 13.1. The van der Waals surface area contributed by atoms with E-state index in [2.05, 4.69) is 41.5 Å². The van der Waals surface area contributed by atoms with Gasteiger partial charge in [-0.2, -0.15) is 0 Å². The summed E-state index contributed by atoms with van der Waals surface area (Å²) in [6.45, 7) is 9.55. The second-order valence-corrected chi connectivity index (χ2v) is 29.7. The molecule has 0 saturated heterocycles. The Morgan fingerprint density at radius 3 is 0.772 bits per heavy atom. The summed E-state index contributed by atoms with van der Waals surface area (Å²) in [5.41, 5.74) is 0. The largest absolute Gasteiger partial charge is 0.472 e. The van der Waals surface area contributed by atoms with Crippen LogP contribution in [0.5, 0.6) is 0 Å². The summed E-state index contributed by atoms with van der Waals surface area (Å²) >= 11 is 0. The van der Waals surface area contributed by atoms with Crippen molar-refractivity contribution in [2.45, 2.75) is 394 Å². The highest BCUT2D eigenvalue weighted by molar-refractivity contribution is 7.47. The monoisotopic (exact) mass is 1350 g/mol. The molecule has 0 fully saturated rings. The second kappa shape index (κ2) is 65.0. The van der Waals surface area contributed by atoms with Crippen LogP contribution in [0.1, 0.15) is 375 Å². The molecule has 3 N–H and O–H groups in total. The molecule has 0 bridgehead atoms. The van der Waals surface area contributed by atoms with Crippen LogP contribution < -0.4 is 0 Å². The molecule has 0 aliphatic carbocycles. The van der Waals surface area contributed by atoms with E-state index in [0.29, 0.717) is 25.7 Å². The van der Waals surface area contributed by atoms with Gasteiger partial charge in [0.2, 0.25) is 0 Å².